The van der Waals surface area contributed by atoms with Crippen LogP contribution in [0.15, 0.2) is 0 Å². The van der Waals surface area contributed by atoms with E-state index in [4.69, 9.17) is 33.2 Å². The number of ether oxygens (including phenoxy) is 7. The Balaban J connectivity index is 1.62. The summed E-state index contributed by atoms with van der Waals surface area (Å²) in [5, 5.41) is 127. The van der Waals surface area contributed by atoms with Crippen molar-refractivity contribution in [2.75, 3.05) is 26.4 Å². The molecule has 4 aliphatic heterocycles. The quantitative estimate of drug-likeness (QED) is 0.0832. The van der Waals surface area contributed by atoms with E-state index >= 15 is 0 Å². The van der Waals surface area contributed by atoms with Gasteiger partial charge in [0, 0.05) is 20.0 Å². The first-order valence-corrected chi connectivity index (χ1v) is 16.4. The van der Waals surface area contributed by atoms with E-state index in [0.29, 0.717) is 0 Å². The van der Waals surface area contributed by atoms with Gasteiger partial charge >= 0.3 is 5.97 Å². The largest absolute Gasteiger partial charge is 0.477 e. The van der Waals surface area contributed by atoms with Gasteiger partial charge < -0.3 is 99.8 Å². The van der Waals surface area contributed by atoms with Crippen LogP contribution < -0.4 is 5.32 Å². The number of rotatable bonds is 13. The van der Waals surface area contributed by atoms with Gasteiger partial charge in [-0.1, -0.05) is 0 Å². The van der Waals surface area contributed by atoms with Gasteiger partial charge in [-0.05, 0) is 13.3 Å². The molecule has 4 saturated heterocycles. The smallest absolute Gasteiger partial charge is 0.364 e. The molecule has 4 rings (SSSR count). The van der Waals surface area contributed by atoms with Crippen molar-refractivity contribution in [3.8, 4) is 0 Å². The lowest BCUT2D eigenvalue weighted by Crippen LogP contribution is -2.70. The number of aliphatic hydroxyl groups is 11. The number of hydrogen-bond acceptors (Lipinski definition) is 20. The molecule has 1 amide bonds. The first kappa shape index (κ1) is 42.0. The summed E-state index contributed by atoms with van der Waals surface area (Å²) in [7, 11) is 0. The molecule has 19 atom stereocenters. The average Bonchev–Trinajstić information content (AvgIpc) is 3.09. The van der Waals surface area contributed by atoms with Gasteiger partial charge in [0.25, 0.3) is 5.79 Å². The second-order valence-corrected chi connectivity index (χ2v) is 13.0. The molecule has 0 bridgehead atoms. The molecule has 0 aromatic rings. The summed E-state index contributed by atoms with van der Waals surface area (Å²) in [6, 6.07) is -1.54. The Morgan fingerprint density at radius 1 is 0.863 bits per heavy atom. The van der Waals surface area contributed by atoms with Crippen LogP contribution in [0.5, 0.6) is 0 Å². The molecule has 22 nitrogen and oxygen atoms in total. The fourth-order valence-corrected chi connectivity index (χ4v) is 6.54. The maximum atomic E-state index is 12.8. The summed E-state index contributed by atoms with van der Waals surface area (Å²) >= 11 is 0. The van der Waals surface area contributed by atoms with Crippen LogP contribution in [0, 0.1) is 0 Å². The van der Waals surface area contributed by atoms with Crippen molar-refractivity contribution in [1.29, 1.82) is 0 Å². The Hall–Kier alpha value is -1.78. The molecule has 0 saturated carbocycles. The van der Waals surface area contributed by atoms with Crippen molar-refractivity contribution in [3.63, 3.8) is 0 Å². The third kappa shape index (κ3) is 8.96. The zero-order valence-corrected chi connectivity index (χ0v) is 27.7. The van der Waals surface area contributed by atoms with E-state index in [9.17, 15) is 70.9 Å². The fourth-order valence-electron chi connectivity index (χ4n) is 6.54. The summed E-state index contributed by atoms with van der Waals surface area (Å²) in [4.78, 5) is 24.6. The van der Waals surface area contributed by atoms with Crippen LogP contribution in [0.25, 0.3) is 0 Å². The molecule has 51 heavy (non-hydrogen) atoms. The highest BCUT2D eigenvalue weighted by molar-refractivity contribution is 5.76. The molecular formula is C29H49NO21. The first-order valence-electron chi connectivity index (χ1n) is 16.4. The topological polar surface area (TPSA) is 354 Å². The number of hydrogen-bond donors (Lipinski definition) is 13. The van der Waals surface area contributed by atoms with Crippen molar-refractivity contribution in [2.45, 2.75) is 143 Å². The first-order chi connectivity index (χ1) is 24.0. The average molecular weight is 748 g/mol. The summed E-state index contributed by atoms with van der Waals surface area (Å²) in [5.41, 5.74) is 0. The lowest BCUT2D eigenvalue weighted by molar-refractivity contribution is -0.383. The molecule has 4 fully saturated rings. The fraction of sp³-hybridized carbons (Fsp3) is 0.931. The Morgan fingerprint density at radius 3 is 2.10 bits per heavy atom. The number of carbonyl (C=O) groups is 2. The molecule has 0 aromatic heterocycles. The molecule has 22 heteroatoms. The number of aliphatic carboxylic acids is 1. The van der Waals surface area contributed by atoms with E-state index < -0.39 is 154 Å². The SMILES string of the molecule is CC(=O)N[C@H]1[C@H]([C@H](O)[C@H](O)CO)OC(O[C@H]2[C@@H](O)[C@@H](CO)O[C@@H](O[C@@H]3[C@@H](CO)OCC[C@H]3O[C@@H]3O[C@@H](C)[C@@H](O)[C@@H](O)[C@@H]3O)[C@@H]2O)(C(=O)O)C[C@@H]1O. The third-order valence-corrected chi connectivity index (χ3v) is 9.39. The second kappa shape index (κ2) is 17.6. The van der Waals surface area contributed by atoms with Gasteiger partial charge in [-0.25, -0.2) is 4.79 Å². The summed E-state index contributed by atoms with van der Waals surface area (Å²) in [6.45, 7) is -0.208. The van der Waals surface area contributed by atoms with Crippen LogP contribution in [0.3, 0.4) is 0 Å². The van der Waals surface area contributed by atoms with Crippen LogP contribution in [-0.2, 0) is 42.7 Å². The molecule has 296 valence electrons. The molecule has 0 aliphatic carbocycles. The van der Waals surface area contributed by atoms with E-state index in [-0.39, 0.29) is 13.0 Å². The molecule has 4 aliphatic rings. The van der Waals surface area contributed by atoms with Crippen molar-refractivity contribution in [3.05, 3.63) is 0 Å². The van der Waals surface area contributed by atoms with Gasteiger partial charge in [0.05, 0.1) is 44.2 Å². The molecule has 4 heterocycles. The lowest BCUT2D eigenvalue weighted by atomic mass is 9.88. The normalized spacial score (nSPS) is 46.2. The highest BCUT2D eigenvalue weighted by Gasteiger charge is 2.60. The maximum Gasteiger partial charge on any atom is 0.364 e. The minimum atomic E-state index is -3.02. The number of carboxylic acids is 1. The molecule has 0 aromatic carbocycles. The number of aliphatic hydroxyl groups excluding tert-OH is 11. The Kier molecular flexibility index (Phi) is 14.5. The number of nitrogens with one attached hydrogen (secondary N) is 1. The van der Waals surface area contributed by atoms with Crippen LogP contribution in [0.4, 0.5) is 0 Å². The summed E-state index contributed by atoms with van der Waals surface area (Å²) < 4.78 is 39.8. The molecule has 13 N–H and O–H groups in total. The lowest BCUT2D eigenvalue weighted by Gasteiger charge is -2.50. The van der Waals surface area contributed by atoms with Crippen molar-refractivity contribution in [1.82, 2.24) is 5.32 Å². The maximum absolute atomic E-state index is 12.8. The third-order valence-electron chi connectivity index (χ3n) is 9.39. The summed E-state index contributed by atoms with van der Waals surface area (Å²) in [6.07, 6.45) is -29.6. The zero-order valence-electron chi connectivity index (χ0n) is 27.7. The Morgan fingerprint density at radius 2 is 1.51 bits per heavy atom. The van der Waals surface area contributed by atoms with E-state index in [1.54, 1.807) is 0 Å². The van der Waals surface area contributed by atoms with Crippen LogP contribution in [0.1, 0.15) is 26.7 Å². The van der Waals surface area contributed by atoms with Gasteiger partial charge in [-0.15, -0.1) is 0 Å². The number of carboxylic acid groups (broad SMARTS) is 1. The minimum Gasteiger partial charge on any atom is -0.477 e. The van der Waals surface area contributed by atoms with Gasteiger partial charge in [-0.3, -0.25) is 4.79 Å². The predicted molar refractivity (Wildman–Crippen MR) is 159 cm³/mol. The number of amides is 1. The highest BCUT2D eigenvalue weighted by Crippen LogP contribution is 2.38. The van der Waals surface area contributed by atoms with Crippen molar-refractivity contribution >= 4 is 11.9 Å². The monoisotopic (exact) mass is 747 g/mol. The van der Waals surface area contributed by atoms with Gasteiger partial charge in [-0.2, -0.15) is 0 Å². The molecule has 0 radical (unpaired) electrons. The highest BCUT2D eigenvalue weighted by atomic mass is 16.8. The summed E-state index contributed by atoms with van der Waals surface area (Å²) in [5.74, 6) is -5.72. The Bertz CT molecular complexity index is 1150. The Labute approximate surface area is 290 Å². The zero-order chi connectivity index (χ0) is 37.9. The van der Waals surface area contributed by atoms with E-state index in [1.165, 1.54) is 6.92 Å². The van der Waals surface area contributed by atoms with Gasteiger partial charge in [0.15, 0.2) is 12.6 Å². The van der Waals surface area contributed by atoms with Crippen LogP contribution >= 0.6 is 0 Å². The molecule has 1 unspecified atom stereocenters. The second-order valence-electron chi connectivity index (χ2n) is 13.0. The minimum absolute atomic E-state index is 0.00460. The van der Waals surface area contributed by atoms with E-state index in [1.807, 2.05) is 0 Å². The van der Waals surface area contributed by atoms with Crippen molar-refractivity contribution in [2.24, 2.45) is 0 Å². The van der Waals surface area contributed by atoms with Gasteiger partial charge in [0.1, 0.15) is 73.2 Å². The van der Waals surface area contributed by atoms with Crippen molar-refractivity contribution < 1.29 is 104 Å². The number of carbonyl (C=O) groups excluding carboxylic acids is 1. The van der Waals surface area contributed by atoms with Crippen LogP contribution in [-0.4, -0.2) is 216 Å². The molecular weight excluding hydrogens is 698 g/mol. The van der Waals surface area contributed by atoms with E-state index in [2.05, 4.69) is 5.32 Å². The van der Waals surface area contributed by atoms with Crippen LogP contribution in [0.2, 0.25) is 0 Å². The standard InChI is InChI=1S/C29H49NO21/c1-9-17(37)20(40)21(41)26(46-9)47-13-3-4-45-15(8-33)23(13)49-27-22(42)25(19(39)14(7-32)48-27)51-29(28(43)44)5-11(35)16(30-10(2)34)24(50-29)18(38)12(36)6-31/h9,11-27,31-33,35-42H,3-8H2,1-2H3,(H,30,34)(H,43,44)/t9-,11-,12+,13+,14+,15+,16+,17+,18+,19-,20+,21-,22+,23-,24+,25-,26-,27-,29?/m0/s1. The predicted octanol–water partition coefficient (Wildman–Crippen LogP) is -7.66. The van der Waals surface area contributed by atoms with Gasteiger partial charge in [0.2, 0.25) is 5.91 Å². The molecule has 0 spiro atoms. The van der Waals surface area contributed by atoms with E-state index in [0.717, 1.165) is 6.92 Å².